The summed E-state index contributed by atoms with van der Waals surface area (Å²) in [5, 5.41) is 8.33. The summed E-state index contributed by atoms with van der Waals surface area (Å²) < 4.78 is 0. The topological polar surface area (TPSA) is 64.8 Å². The van der Waals surface area contributed by atoms with Crippen molar-refractivity contribution in [3.63, 3.8) is 0 Å². The molecule has 0 saturated carbocycles. The summed E-state index contributed by atoms with van der Waals surface area (Å²) in [4.78, 5) is 25.6. The van der Waals surface area contributed by atoms with Crippen LogP contribution >= 0.6 is 0 Å². The molecule has 1 aliphatic carbocycles. The van der Waals surface area contributed by atoms with Gasteiger partial charge in [0.05, 0.1) is 6.54 Å². The number of hydrogen-bond acceptors (Lipinski definition) is 4. The van der Waals surface area contributed by atoms with Gasteiger partial charge in [-0.3, -0.25) is 9.59 Å². The van der Waals surface area contributed by atoms with Crippen molar-refractivity contribution in [2.75, 3.05) is 0 Å². The molecular formula is C15H13N3O2. The van der Waals surface area contributed by atoms with Crippen molar-refractivity contribution in [3.05, 3.63) is 58.4 Å². The summed E-state index contributed by atoms with van der Waals surface area (Å²) >= 11 is 0. The number of aromatic nitrogens is 3. The molecule has 100 valence electrons. The molecule has 0 amide bonds. The number of benzene rings is 1. The van der Waals surface area contributed by atoms with E-state index in [0.717, 1.165) is 5.56 Å². The lowest BCUT2D eigenvalue weighted by atomic mass is 9.92. The standard InChI is InChI=1S/C15H13N3O2/c1-9-10(2)15(20)13-12(14(9)19)16-18(17-13)8-11-6-4-3-5-7-11/h3-7H,8H2,1-2H3. The number of allylic oxidation sites excluding steroid dienone is 2. The molecule has 2 aromatic rings. The van der Waals surface area contributed by atoms with Crippen molar-refractivity contribution in [2.45, 2.75) is 20.4 Å². The van der Waals surface area contributed by atoms with Crippen LogP contribution < -0.4 is 0 Å². The predicted molar refractivity (Wildman–Crippen MR) is 72.6 cm³/mol. The fourth-order valence-electron chi connectivity index (χ4n) is 2.17. The van der Waals surface area contributed by atoms with E-state index in [1.807, 2.05) is 30.3 Å². The van der Waals surface area contributed by atoms with Gasteiger partial charge in [0, 0.05) is 11.1 Å². The lowest BCUT2D eigenvalue weighted by Crippen LogP contribution is -2.19. The Kier molecular flexibility index (Phi) is 2.82. The number of rotatable bonds is 2. The first-order valence-corrected chi connectivity index (χ1v) is 6.34. The Morgan fingerprint density at radius 2 is 1.40 bits per heavy atom. The van der Waals surface area contributed by atoms with Crippen LogP contribution in [0.3, 0.4) is 0 Å². The van der Waals surface area contributed by atoms with E-state index >= 15 is 0 Å². The molecule has 1 aliphatic rings. The quantitative estimate of drug-likeness (QED) is 0.835. The Hall–Kier alpha value is -2.56. The van der Waals surface area contributed by atoms with Gasteiger partial charge < -0.3 is 0 Å². The van der Waals surface area contributed by atoms with Crippen LogP contribution in [0.15, 0.2) is 41.5 Å². The van der Waals surface area contributed by atoms with Gasteiger partial charge in [-0.15, -0.1) is 10.2 Å². The summed E-state index contributed by atoms with van der Waals surface area (Å²) in [6.45, 7) is 3.73. The second-order valence-corrected chi connectivity index (χ2v) is 4.82. The average molecular weight is 267 g/mol. The van der Waals surface area contributed by atoms with Crippen molar-refractivity contribution >= 4 is 11.6 Å². The SMILES string of the molecule is CC1=C(C)C(=O)c2nn(Cc3ccccc3)nc2C1=O. The van der Waals surface area contributed by atoms with Gasteiger partial charge in [0.15, 0.2) is 11.4 Å². The summed E-state index contributed by atoms with van der Waals surface area (Å²) in [7, 11) is 0. The summed E-state index contributed by atoms with van der Waals surface area (Å²) in [6, 6.07) is 9.66. The van der Waals surface area contributed by atoms with E-state index in [1.165, 1.54) is 4.80 Å². The largest absolute Gasteiger partial charge is 0.287 e. The second-order valence-electron chi connectivity index (χ2n) is 4.82. The minimum Gasteiger partial charge on any atom is -0.287 e. The lowest BCUT2D eigenvalue weighted by Gasteiger charge is -2.09. The van der Waals surface area contributed by atoms with Crippen molar-refractivity contribution in [2.24, 2.45) is 0 Å². The maximum atomic E-state index is 12.1. The van der Waals surface area contributed by atoms with E-state index in [9.17, 15) is 9.59 Å². The Bertz CT molecular complexity index is 700. The van der Waals surface area contributed by atoms with Gasteiger partial charge in [0.25, 0.3) is 0 Å². The molecule has 0 saturated heterocycles. The Balaban J connectivity index is 1.99. The van der Waals surface area contributed by atoms with Gasteiger partial charge in [-0.25, -0.2) is 0 Å². The molecule has 5 nitrogen and oxygen atoms in total. The van der Waals surface area contributed by atoms with Crippen molar-refractivity contribution < 1.29 is 9.59 Å². The molecule has 1 aromatic heterocycles. The monoisotopic (exact) mass is 267 g/mol. The van der Waals surface area contributed by atoms with Crippen molar-refractivity contribution in [3.8, 4) is 0 Å². The normalized spacial score (nSPS) is 14.7. The third-order valence-electron chi connectivity index (χ3n) is 3.50. The van der Waals surface area contributed by atoms with E-state index in [2.05, 4.69) is 10.2 Å². The van der Waals surface area contributed by atoms with Gasteiger partial charge in [0.2, 0.25) is 11.6 Å². The summed E-state index contributed by atoms with van der Waals surface area (Å²) in [5.74, 6) is -0.423. The average Bonchev–Trinajstić information content (AvgIpc) is 2.88. The third kappa shape index (κ3) is 1.87. The van der Waals surface area contributed by atoms with E-state index in [1.54, 1.807) is 13.8 Å². The molecule has 0 N–H and O–H groups in total. The minimum atomic E-state index is -0.212. The van der Waals surface area contributed by atoms with Crippen molar-refractivity contribution in [1.82, 2.24) is 15.0 Å². The molecule has 20 heavy (non-hydrogen) atoms. The van der Waals surface area contributed by atoms with Crippen LogP contribution in [0.5, 0.6) is 0 Å². The lowest BCUT2D eigenvalue weighted by molar-refractivity contribution is 0.0970. The molecule has 0 atom stereocenters. The molecule has 0 unspecified atom stereocenters. The highest BCUT2D eigenvalue weighted by Crippen LogP contribution is 2.23. The molecule has 1 heterocycles. The zero-order valence-corrected chi connectivity index (χ0v) is 11.3. The van der Waals surface area contributed by atoms with E-state index in [4.69, 9.17) is 0 Å². The number of hydrogen-bond donors (Lipinski definition) is 0. The maximum Gasteiger partial charge on any atom is 0.211 e. The van der Waals surface area contributed by atoms with Crippen molar-refractivity contribution in [1.29, 1.82) is 0 Å². The predicted octanol–water partition coefficient (Wildman–Crippen LogP) is 2.04. The first-order chi connectivity index (χ1) is 9.58. The molecule has 0 spiro atoms. The van der Waals surface area contributed by atoms with E-state index in [-0.39, 0.29) is 23.0 Å². The first kappa shape index (κ1) is 12.5. The van der Waals surface area contributed by atoms with Crippen LogP contribution in [-0.4, -0.2) is 26.6 Å². The highest BCUT2D eigenvalue weighted by Gasteiger charge is 2.32. The summed E-state index contributed by atoms with van der Waals surface area (Å²) in [5.41, 5.74) is 2.24. The maximum absolute atomic E-state index is 12.1. The van der Waals surface area contributed by atoms with E-state index < -0.39 is 0 Å². The van der Waals surface area contributed by atoms with Gasteiger partial charge in [-0.05, 0) is 19.4 Å². The molecule has 0 fully saturated rings. The number of fused-ring (bicyclic) bond motifs is 1. The number of Topliss-reactive ketones (excluding diaryl/α,β-unsaturated/α-hetero) is 2. The zero-order valence-electron chi connectivity index (χ0n) is 11.3. The van der Waals surface area contributed by atoms with Gasteiger partial charge in [-0.2, -0.15) is 4.80 Å². The Morgan fingerprint density at radius 1 is 0.900 bits per heavy atom. The zero-order chi connectivity index (χ0) is 14.3. The van der Waals surface area contributed by atoms with Crippen LogP contribution in [0, 0.1) is 0 Å². The number of nitrogens with zero attached hydrogens (tertiary/aromatic N) is 3. The van der Waals surface area contributed by atoms with Gasteiger partial charge in [-0.1, -0.05) is 30.3 Å². The molecule has 5 heteroatoms. The van der Waals surface area contributed by atoms with Crippen LogP contribution in [0.1, 0.15) is 40.4 Å². The van der Waals surface area contributed by atoms with Crippen LogP contribution in [0.2, 0.25) is 0 Å². The third-order valence-corrected chi connectivity index (χ3v) is 3.50. The highest BCUT2D eigenvalue weighted by molar-refractivity contribution is 6.24. The number of ketones is 2. The fraction of sp³-hybridized carbons (Fsp3) is 0.200. The smallest absolute Gasteiger partial charge is 0.211 e. The van der Waals surface area contributed by atoms with Crippen LogP contribution in [-0.2, 0) is 6.54 Å². The fourth-order valence-corrected chi connectivity index (χ4v) is 2.17. The molecule has 0 radical (unpaired) electrons. The van der Waals surface area contributed by atoms with Crippen LogP contribution in [0.4, 0.5) is 0 Å². The first-order valence-electron chi connectivity index (χ1n) is 6.34. The van der Waals surface area contributed by atoms with Gasteiger partial charge in [0.1, 0.15) is 0 Å². The molecule has 1 aromatic carbocycles. The summed E-state index contributed by atoms with van der Waals surface area (Å²) in [6.07, 6.45) is 0. The Morgan fingerprint density at radius 3 is 1.90 bits per heavy atom. The second kappa shape index (κ2) is 4.52. The molecule has 0 aliphatic heterocycles. The number of carbonyl (C=O) groups is 2. The minimum absolute atomic E-state index is 0.161. The molecule has 0 bridgehead atoms. The molecule has 3 rings (SSSR count). The Labute approximate surface area is 115 Å². The number of carbonyl (C=O) groups excluding carboxylic acids is 2. The highest BCUT2D eigenvalue weighted by atomic mass is 16.1. The van der Waals surface area contributed by atoms with Crippen LogP contribution in [0.25, 0.3) is 0 Å². The van der Waals surface area contributed by atoms with Gasteiger partial charge >= 0.3 is 0 Å². The van der Waals surface area contributed by atoms with E-state index in [0.29, 0.717) is 17.7 Å². The molecular weight excluding hydrogens is 254 g/mol.